The third kappa shape index (κ3) is 3.13. The second-order valence-corrected chi connectivity index (χ2v) is 7.75. The molecule has 1 unspecified atom stereocenters. The zero-order valence-corrected chi connectivity index (χ0v) is 12.9. The molecule has 1 atom stereocenters. The van der Waals surface area contributed by atoms with Crippen LogP contribution in [0, 0.1) is 5.92 Å². The van der Waals surface area contributed by atoms with E-state index in [9.17, 15) is 8.42 Å². The zero-order valence-electron chi connectivity index (χ0n) is 10.5. The maximum absolute atomic E-state index is 12.5. The van der Waals surface area contributed by atoms with E-state index in [1.54, 1.807) is 22.5 Å². The van der Waals surface area contributed by atoms with Gasteiger partial charge in [0.2, 0.25) is 10.0 Å². The summed E-state index contributed by atoms with van der Waals surface area (Å²) in [5.74, 6) is 0.618. The second-order valence-electron chi connectivity index (χ2n) is 4.90. The summed E-state index contributed by atoms with van der Waals surface area (Å²) < 4.78 is 27.4. The molecule has 0 aromatic heterocycles. The van der Waals surface area contributed by atoms with E-state index >= 15 is 0 Å². The Labute approximate surface area is 117 Å². The van der Waals surface area contributed by atoms with Gasteiger partial charge in [0.15, 0.2) is 0 Å². The monoisotopic (exact) mass is 331 g/mol. The van der Waals surface area contributed by atoms with Crippen molar-refractivity contribution in [3.63, 3.8) is 0 Å². The summed E-state index contributed by atoms with van der Waals surface area (Å²) in [6.45, 7) is 3.46. The molecule has 3 nitrogen and oxygen atoms in total. The highest BCUT2D eigenvalue weighted by Gasteiger charge is 2.26. The molecule has 0 spiro atoms. The fourth-order valence-electron chi connectivity index (χ4n) is 2.25. The molecule has 1 aliphatic heterocycles. The Balaban J connectivity index is 2.25. The van der Waals surface area contributed by atoms with E-state index in [0.29, 0.717) is 23.9 Å². The smallest absolute Gasteiger partial charge is 0.207 e. The van der Waals surface area contributed by atoms with Crippen LogP contribution in [0.15, 0.2) is 33.6 Å². The molecule has 2 rings (SSSR count). The Hall–Kier alpha value is -0.390. The van der Waals surface area contributed by atoms with Crippen molar-refractivity contribution in [1.29, 1.82) is 0 Å². The standard InChI is InChI=1S/C13H18BrNO2S/c1-11-4-3-8-15(9-7-11)18(16,17)13-6-2-5-12(14)10-13/h2,5-6,10-11H,3-4,7-9H2,1H3. The molecule has 0 N–H and O–H groups in total. The first-order valence-corrected chi connectivity index (χ1v) is 8.49. The maximum atomic E-state index is 12.5. The van der Waals surface area contributed by atoms with Crippen molar-refractivity contribution in [3.05, 3.63) is 28.7 Å². The van der Waals surface area contributed by atoms with Crippen LogP contribution < -0.4 is 0 Å². The Kier molecular flexibility index (Phi) is 4.45. The van der Waals surface area contributed by atoms with Gasteiger partial charge in [0, 0.05) is 17.6 Å². The minimum Gasteiger partial charge on any atom is -0.207 e. The number of hydrogen-bond acceptors (Lipinski definition) is 2. The van der Waals surface area contributed by atoms with Crippen molar-refractivity contribution in [2.24, 2.45) is 5.92 Å². The quantitative estimate of drug-likeness (QED) is 0.834. The predicted octanol–water partition coefficient (Wildman–Crippen LogP) is 3.26. The molecule has 1 aliphatic rings. The van der Waals surface area contributed by atoms with Gasteiger partial charge >= 0.3 is 0 Å². The fraction of sp³-hybridized carbons (Fsp3) is 0.538. The van der Waals surface area contributed by atoms with Gasteiger partial charge in [-0.3, -0.25) is 0 Å². The van der Waals surface area contributed by atoms with E-state index in [-0.39, 0.29) is 0 Å². The Bertz CT molecular complexity index is 515. The first-order valence-electron chi connectivity index (χ1n) is 6.26. The van der Waals surface area contributed by atoms with Gasteiger partial charge in [-0.1, -0.05) is 28.9 Å². The predicted molar refractivity (Wildman–Crippen MR) is 75.9 cm³/mol. The van der Waals surface area contributed by atoms with Crippen LogP contribution in [0.5, 0.6) is 0 Å². The van der Waals surface area contributed by atoms with Gasteiger partial charge in [-0.2, -0.15) is 4.31 Å². The summed E-state index contributed by atoms with van der Waals surface area (Å²) in [4.78, 5) is 0.381. The van der Waals surface area contributed by atoms with Crippen LogP contribution in [0.4, 0.5) is 0 Å². The van der Waals surface area contributed by atoms with E-state index < -0.39 is 10.0 Å². The fourth-order valence-corrected chi connectivity index (χ4v) is 4.34. The molecule has 100 valence electrons. The van der Waals surface area contributed by atoms with Gasteiger partial charge in [-0.15, -0.1) is 0 Å². The summed E-state index contributed by atoms with van der Waals surface area (Å²) in [5, 5.41) is 0. The van der Waals surface area contributed by atoms with Crippen LogP contribution in [-0.4, -0.2) is 25.8 Å². The van der Waals surface area contributed by atoms with Crippen LogP contribution in [0.1, 0.15) is 26.2 Å². The summed E-state index contributed by atoms with van der Waals surface area (Å²) in [5.41, 5.74) is 0. The topological polar surface area (TPSA) is 37.4 Å². The number of sulfonamides is 1. The van der Waals surface area contributed by atoms with Crippen molar-refractivity contribution in [2.75, 3.05) is 13.1 Å². The molecular formula is C13H18BrNO2S. The molecular weight excluding hydrogens is 314 g/mol. The highest BCUT2D eigenvalue weighted by molar-refractivity contribution is 9.10. The van der Waals surface area contributed by atoms with E-state index in [4.69, 9.17) is 0 Å². The molecule has 1 saturated heterocycles. The molecule has 1 aromatic carbocycles. The number of benzene rings is 1. The number of rotatable bonds is 2. The zero-order chi connectivity index (χ0) is 13.2. The van der Waals surface area contributed by atoms with Crippen LogP contribution in [-0.2, 0) is 10.0 Å². The van der Waals surface area contributed by atoms with Gasteiger partial charge in [0.25, 0.3) is 0 Å². The van der Waals surface area contributed by atoms with E-state index in [1.807, 2.05) is 6.07 Å². The molecule has 0 radical (unpaired) electrons. The third-order valence-corrected chi connectivity index (χ3v) is 5.80. The van der Waals surface area contributed by atoms with E-state index in [0.717, 1.165) is 23.7 Å². The molecule has 1 heterocycles. The first kappa shape index (κ1) is 14.0. The van der Waals surface area contributed by atoms with Crippen molar-refractivity contribution in [2.45, 2.75) is 31.1 Å². The molecule has 1 fully saturated rings. The minimum atomic E-state index is -3.33. The van der Waals surface area contributed by atoms with Gasteiger partial charge in [-0.05, 0) is 43.4 Å². The lowest BCUT2D eigenvalue weighted by Crippen LogP contribution is -2.32. The normalized spacial score (nSPS) is 22.7. The average molecular weight is 332 g/mol. The minimum absolute atomic E-state index is 0.381. The van der Waals surface area contributed by atoms with Crippen molar-refractivity contribution in [3.8, 4) is 0 Å². The lowest BCUT2D eigenvalue weighted by Gasteiger charge is -2.20. The van der Waals surface area contributed by atoms with Crippen LogP contribution in [0.3, 0.4) is 0 Å². The van der Waals surface area contributed by atoms with Crippen LogP contribution >= 0.6 is 15.9 Å². The van der Waals surface area contributed by atoms with Gasteiger partial charge < -0.3 is 0 Å². The maximum Gasteiger partial charge on any atom is 0.243 e. The molecule has 0 amide bonds. The number of halogens is 1. The van der Waals surface area contributed by atoms with E-state index in [1.165, 1.54) is 0 Å². The second kappa shape index (κ2) is 5.72. The number of nitrogens with zero attached hydrogens (tertiary/aromatic N) is 1. The number of hydrogen-bond donors (Lipinski definition) is 0. The van der Waals surface area contributed by atoms with Gasteiger partial charge in [0.05, 0.1) is 4.90 Å². The lowest BCUT2D eigenvalue weighted by molar-refractivity contribution is 0.417. The highest BCUT2D eigenvalue weighted by Crippen LogP contribution is 2.24. The summed E-state index contributed by atoms with van der Waals surface area (Å²) in [6.07, 6.45) is 3.02. The van der Waals surface area contributed by atoms with Crippen molar-refractivity contribution >= 4 is 26.0 Å². The third-order valence-electron chi connectivity index (χ3n) is 3.41. The van der Waals surface area contributed by atoms with Gasteiger partial charge in [0.1, 0.15) is 0 Å². The van der Waals surface area contributed by atoms with Gasteiger partial charge in [-0.25, -0.2) is 8.42 Å². The Morgan fingerprint density at radius 2 is 2.06 bits per heavy atom. The lowest BCUT2D eigenvalue weighted by atomic mass is 10.0. The summed E-state index contributed by atoms with van der Waals surface area (Å²) in [6, 6.07) is 6.93. The summed E-state index contributed by atoms with van der Waals surface area (Å²) in [7, 11) is -3.33. The van der Waals surface area contributed by atoms with Crippen LogP contribution in [0.2, 0.25) is 0 Å². The first-order chi connectivity index (χ1) is 8.50. The van der Waals surface area contributed by atoms with Crippen molar-refractivity contribution in [1.82, 2.24) is 4.31 Å². The highest BCUT2D eigenvalue weighted by atomic mass is 79.9. The Morgan fingerprint density at radius 3 is 2.78 bits per heavy atom. The summed E-state index contributed by atoms with van der Waals surface area (Å²) >= 11 is 3.32. The molecule has 0 saturated carbocycles. The van der Waals surface area contributed by atoms with Crippen LogP contribution in [0.25, 0.3) is 0 Å². The largest absolute Gasteiger partial charge is 0.243 e. The van der Waals surface area contributed by atoms with E-state index in [2.05, 4.69) is 22.9 Å². The average Bonchev–Trinajstić information content (AvgIpc) is 2.54. The molecule has 5 heteroatoms. The molecule has 0 aliphatic carbocycles. The molecule has 0 bridgehead atoms. The van der Waals surface area contributed by atoms with Crippen molar-refractivity contribution < 1.29 is 8.42 Å². The SMILES string of the molecule is CC1CCCN(S(=O)(=O)c2cccc(Br)c2)CC1. The molecule has 18 heavy (non-hydrogen) atoms. The Morgan fingerprint density at radius 1 is 1.28 bits per heavy atom. The molecule has 1 aromatic rings.